The second kappa shape index (κ2) is 9.98. The van der Waals surface area contributed by atoms with Crippen LogP contribution >= 0.6 is 8.69 Å². The van der Waals surface area contributed by atoms with Gasteiger partial charge in [0.1, 0.15) is 0 Å². The molecule has 0 saturated carbocycles. The summed E-state index contributed by atoms with van der Waals surface area (Å²) in [6.45, 7) is 0.203. The largest absolute Gasteiger partial charge is 0.494 e. The molecule has 0 spiro atoms. The van der Waals surface area contributed by atoms with Gasteiger partial charge in [0.2, 0.25) is 0 Å². The summed E-state index contributed by atoms with van der Waals surface area (Å²) in [5, 5.41) is 0. The molecular formula is C4H10NaO4P+. The zero-order chi connectivity index (χ0) is 7.11. The summed E-state index contributed by atoms with van der Waals surface area (Å²) in [6, 6.07) is 0. The first-order valence-corrected chi connectivity index (χ1v) is 3.21. The fraction of sp³-hybridized carbons (Fsp3) is 1.00. The molecule has 10 heavy (non-hydrogen) atoms. The van der Waals surface area contributed by atoms with Crippen LogP contribution in [0.1, 0.15) is 0 Å². The van der Waals surface area contributed by atoms with Crippen molar-refractivity contribution in [3.63, 3.8) is 0 Å². The summed E-state index contributed by atoms with van der Waals surface area (Å²) in [5.74, 6) is 0. The SMILES string of the molecule is COC(CO[PH+]=O)OC.[Na]. The van der Waals surface area contributed by atoms with Crippen LogP contribution in [0.4, 0.5) is 0 Å². The maximum atomic E-state index is 9.76. The monoisotopic (exact) mass is 176 g/mol. The molecule has 1 radical (unpaired) electrons. The average Bonchev–Trinajstić information content (AvgIpc) is 1.91. The molecule has 0 saturated heterocycles. The van der Waals surface area contributed by atoms with Crippen molar-refractivity contribution in [3.05, 3.63) is 0 Å². The summed E-state index contributed by atoms with van der Waals surface area (Å²) in [6.07, 6.45) is -0.411. The van der Waals surface area contributed by atoms with Gasteiger partial charge in [-0.1, -0.05) is 0 Å². The van der Waals surface area contributed by atoms with Crippen molar-refractivity contribution < 1.29 is 18.6 Å². The van der Waals surface area contributed by atoms with Crippen LogP contribution in [0.5, 0.6) is 0 Å². The number of methoxy groups -OCH3 is 2. The van der Waals surface area contributed by atoms with Gasteiger partial charge in [-0.05, 0) is 4.57 Å². The van der Waals surface area contributed by atoms with Gasteiger partial charge < -0.3 is 9.47 Å². The van der Waals surface area contributed by atoms with Crippen LogP contribution in [0.25, 0.3) is 0 Å². The Kier molecular flexibility index (Phi) is 13.5. The van der Waals surface area contributed by atoms with Crippen molar-refractivity contribution in [2.24, 2.45) is 0 Å². The third kappa shape index (κ3) is 7.09. The van der Waals surface area contributed by atoms with E-state index in [0.29, 0.717) is 0 Å². The second-order valence-corrected chi connectivity index (χ2v) is 1.75. The molecule has 55 valence electrons. The van der Waals surface area contributed by atoms with Gasteiger partial charge in [0.25, 0.3) is 0 Å². The van der Waals surface area contributed by atoms with Crippen LogP contribution in [-0.2, 0) is 18.6 Å². The van der Waals surface area contributed by atoms with E-state index in [1.807, 2.05) is 0 Å². The normalized spacial score (nSPS) is 9.90. The number of rotatable bonds is 5. The van der Waals surface area contributed by atoms with E-state index in [4.69, 9.17) is 9.47 Å². The molecule has 0 aromatic rings. The molecule has 0 aliphatic heterocycles. The van der Waals surface area contributed by atoms with Crippen molar-refractivity contribution in [2.45, 2.75) is 6.29 Å². The predicted octanol–water partition coefficient (Wildman–Crippen LogP) is 0.180. The van der Waals surface area contributed by atoms with Gasteiger partial charge in [-0.25, -0.2) is 0 Å². The molecule has 0 fully saturated rings. The standard InChI is InChI=1S/C4H10O4P.Na/c1-6-4(7-2)3-8-9-5;/h4,9H,3H2,1-2H3;/q+1;. The van der Waals surface area contributed by atoms with E-state index in [1.165, 1.54) is 14.2 Å². The zero-order valence-electron chi connectivity index (χ0n) is 6.42. The molecular weight excluding hydrogens is 166 g/mol. The Morgan fingerprint density at radius 2 is 1.90 bits per heavy atom. The van der Waals surface area contributed by atoms with Gasteiger partial charge in [-0.2, -0.15) is 0 Å². The Morgan fingerprint density at radius 3 is 2.20 bits per heavy atom. The molecule has 0 N–H and O–H groups in total. The van der Waals surface area contributed by atoms with E-state index in [1.54, 1.807) is 0 Å². The van der Waals surface area contributed by atoms with Crippen molar-refractivity contribution >= 4 is 38.2 Å². The smallest absolute Gasteiger partial charge is 0.353 e. The van der Waals surface area contributed by atoms with Crippen LogP contribution in [0.2, 0.25) is 0 Å². The molecule has 0 aliphatic rings. The van der Waals surface area contributed by atoms with E-state index >= 15 is 0 Å². The maximum absolute atomic E-state index is 9.76. The van der Waals surface area contributed by atoms with Crippen molar-refractivity contribution in [1.29, 1.82) is 0 Å². The first-order chi connectivity index (χ1) is 4.35. The minimum atomic E-state index is -0.753. The topological polar surface area (TPSA) is 44.8 Å². The van der Waals surface area contributed by atoms with Crippen LogP contribution < -0.4 is 0 Å². The van der Waals surface area contributed by atoms with Crippen molar-refractivity contribution in [1.82, 2.24) is 0 Å². The molecule has 0 aliphatic carbocycles. The van der Waals surface area contributed by atoms with Crippen LogP contribution in [0.3, 0.4) is 0 Å². The molecule has 1 atom stereocenters. The van der Waals surface area contributed by atoms with E-state index in [9.17, 15) is 4.57 Å². The summed E-state index contributed by atoms with van der Waals surface area (Å²) in [5.41, 5.74) is 0. The fourth-order valence-electron chi connectivity index (χ4n) is 0.334. The summed E-state index contributed by atoms with van der Waals surface area (Å²) in [4.78, 5) is 0. The fourth-order valence-corrected chi connectivity index (χ4v) is 0.538. The predicted molar refractivity (Wildman–Crippen MR) is 38.5 cm³/mol. The average molecular weight is 176 g/mol. The zero-order valence-corrected chi connectivity index (χ0v) is 9.42. The van der Waals surface area contributed by atoms with Gasteiger partial charge in [0, 0.05) is 43.8 Å². The Balaban J connectivity index is 0. The minimum absolute atomic E-state index is 0. The van der Waals surface area contributed by atoms with Crippen molar-refractivity contribution in [3.8, 4) is 0 Å². The second-order valence-electron chi connectivity index (χ2n) is 1.30. The maximum Gasteiger partial charge on any atom is 0.494 e. The molecule has 0 rings (SSSR count). The Labute approximate surface area is 83.8 Å². The molecule has 1 unspecified atom stereocenters. The quantitative estimate of drug-likeness (QED) is 0.340. The number of hydrogen-bond acceptors (Lipinski definition) is 4. The van der Waals surface area contributed by atoms with Gasteiger partial charge in [0.15, 0.2) is 12.9 Å². The Morgan fingerprint density at radius 1 is 1.40 bits per heavy atom. The number of hydrogen-bond donors (Lipinski definition) is 0. The first-order valence-electron chi connectivity index (χ1n) is 2.39. The van der Waals surface area contributed by atoms with Crippen LogP contribution in [0.15, 0.2) is 0 Å². The molecule has 0 amide bonds. The third-order valence-electron chi connectivity index (χ3n) is 0.804. The van der Waals surface area contributed by atoms with E-state index in [-0.39, 0.29) is 36.2 Å². The van der Waals surface area contributed by atoms with Crippen molar-refractivity contribution in [2.75, 3.05) is 20.8 Å². The summed E-state index contributed by atoms with van der Waals surface area (Å²) >= 11 is 0. The van der Waals surface area contributed by atoms with Crippen LogP contribution in [-0.4, -0.2) is 56.7 Å². The summed E-state index contributed by atoms with van der Waals surface area (Å²) in [7, 11) is 2.23. The molecule has 0 heterocycles. The molecule has 0 bridgehead atoms. The molecule has 6 heteroatoms. The van der Waals surface area contributed by atoms with Crippen LogP contribution in [0, 0.1) is 0 Å². The Hall–Kier alpha value is 0.980. The molecule has 0 aromatic heterocycles. The van der Waals surface area contributed by atoms with E-state index in [0.717, 1.165) is 0 Å². The van der Waals surface area contributed by atoms with E-state index in [2.05, 4.69) is 4.52 Å². The third-order valence-corrected chi connectivity index (χ3v) is 1.09. The van der Waals surface area contributed by atoms with Gasteiger partial charge in [-0.3, -0.25) is 0 Å². The van der Waals surface area contributed by atoms with E-state index < -0.39 is 15.0 Å². The summed E-state index contributed by atoms with van der Waals surface area (Å²) < 4.78 is 23.7. The Bertz CT molecular complexity index is 77.7. The van der Waals surface area contributed by atoms with Gasteiger partial charge in [0.05, 0.1) is 0 Å². The molecule has 0 aromatic carbocycles. The number of ether oxygens (including phenoxy) is 2. The van der Waals surface area contributed by atoms with Gasteiger partial charge in [-0.15, -0.1) is 4.52 Å². The minimum Gasteiger partial charge on any atom is -0.353 e. The van der Waals surface area contributed by atoms with Gasteiger partial charge >= 0.3 is 8.69 Å². The first kappa shape index (κ1) is 13.6. The molecule has 4 nitrogen and oxygen atoms in total.